The van der Waals surface area contributed by atoms with Crippen LogP contribution in [0.15, 0.2) is 12.3 Å². The molecule has 16 heavy (non-hydrogen) atoms. The second-order valence-electron chi connectivity index (χ2n) is 2.57. The normalized spacial score (nSPS) is 11.6. The van der Waals surface area contributed by atoms with E-state index in [0.717, 1.165) is 12.3 Å². The van der Waals surface area contributed by atoms with Gasteiger partial charge in [0.2, 0.25) is 5.88 Å². The summed E-state index contributed by atoms with van der Waals surface area (Å²) in [5, 5.41) is 0. The fraction of sp³-hybridized carbons (Fsp3) is 0.250. The molecule has 88 valence electrons. The topological polar surface area (TPSA) is 39.2 Å². The van der Waals surface area contributed by atoms with Gasteiger partial charge in [-0.15, -0.1) is 0 Å². The van der Waals surface area contributed by atoms with E-state index in [-0.39, 0.29) is 6.29 Å². The quantitative estimate of drug-likeness (QED) is 0.602. The lowest BCUT2D eigenvalue weighted by molar-refractivity contribution is -0.142. The number of carbonyl (C=O) groups excluding carboxylic acids is 1. The van der Waals surface area contributed by atoms with E-state index in [4.69, 9.17) is 0 Å². The van der Waals surface area contributed by atoms with Gasteiger partial charge in [0.05, 0.1) is 0 Å². The molecule has 0 aliphatic rings. The van der Waals surface area contributed by atoms with Gasteiger partial charge in [-0.2, -0.15) is 22.0 Å². The lowest BCUT2D eigenvalue weighted by Gasteiger charge is -2.13. The van der Waals surface area contributed by atoms with Crippen LogP contribution in [0.3, 0.4) is 0 Å². The molecule has 0 N–H and O–H groups in total. The van der Waals surface area contributed by atoms with E-state index >= 15 is 0 Å². The molecule has 0 spiro atoms. The van der Waals surface area contributed by atoms with Crippen molar-refractivity contribution in [1.29, 1.82) is 0 Å². The molecule has 3 nitrogen and oxygen atoms in total. The first-order valence-electron chi connectivity index (χ1n) is 3.82. The minimum absolute atomic E-state index is 0.108. The third kappa shape index (κ3) is 2.65. The van der Waals surface area contributed by atoms with Crippen molar-refractivity contribution in [2.75, 3.05) is 0 Å². The first-order valence-corrected chi connectivity index (χ1v) is 3.82. The minimum Gasteiger partial charge on any atom is -0.416 e. The van der Waals surface area contributed by atoms with E-state index in [2.05, 4.69) is 9.72 Å². The highest BCUT2D eigenvalue weighted by molar-refractivity contribution is 5.78. The average molecular weight is 241 g/mol. The lowest BCUT2D eigenvalue weighted by atomic mass is 10.1. The molecule has 1 rings (SSSR count). The third-order valence-corrected chi connectivity index (χ3v) is 1.56. The van der Waals surface area contributed by atoms with Crippen LogP contribution in [0, 0.1) is 0 Å². The summed E-state index contributed by atoms with van der Waals surface area (Å²) in [5.74, 6) is -1.31. The van der Waals surface area contributed by atoms with E-state index in [9.17, 15) is 26.7 Å². The number of halogens is 5. The molecule has 0 aliphatic carbocycles. The number of aromatic nitrogens is 1. The molecule has 0 unspecified atom stereocenters. The number of aldehydes is 1. The van der Waals surface area contributed by atoms with Crippen molar-refractivity contribution in [1.82, 2.24) is 4.98 Å². The monoisotopic (exact) mass is 241 g/mol. The first-order chi connectivity index (χ1) is 7.36. The highest BCUT2D eigenvalue weighted by Crippen LogP contribution is 2.37. The Morgan fingerprint density at radius 2 is 2.00 bits per heavy atom. The van der Waals surface area contributed by atoms with Crippen molar-refractivity contribution in [3.8, 4) is 5.88 Å². The summed E-state index contributed by atoms with van der Waals surface area (Å²) >= 11 is 0. The molecule has 0 saturated carbocycles. The molecule has 0 saturated heterocycles. The zero-order valence-electron chi connectivity index (χ0n) is 7.46. The Balaban J connectivity index is 3.32. The molecule has 0 aromatic carbocycles. The number of nitrogens with zero attached hydrogens (tertiary/aromatic N) is 1. The fourth-order valence-corrected chi connectivity index (χ4v) is 1.01. The maximum atomic E-state index is 12.4. The van der Waals surface area contributed by atoms with Crippen molar-refractivity contribution in [3.63, 3.8) is 0 Å². The van der Waals surface area contributed by atoms with E-state index < -0.39 is 29.8 Å². The average Bonchev–Trinajstić information content (AvgIpc) is 2.14. The number of ether oxygens (including phenoxy) is 1. The lowest BCUT2D eigenvalue weighted by Crippen LogP contribution is -2.15. The van der Waals surface area contributed by atoms with Crippen LogP contribution in [0.5, 0.6) is 5.88 Å². The second kappa shape index (κ2) is 4.42. The molecule has 0 amide bonds. The van der Waals surface area contributed by atoms with Gasteiger partial charge >= 0.3 is 12.8 Å². The molecule has 0 fully saturated rings. The Morgan fingerprint density at radius 3 is 2.44 bits per heavy atom. The van der Waals surface area contributed by atoms with Gasteiger partial charge in [0.15, 0.2) is 6.29 Å². The Labute approximate surface area is 85.8 Å². The first kappa shape index (κ1) is 12.3. The molecule has 0 atom stereocenters. The predicted octanol–water partition coefficient (Wildman–Crippen LogP) is 2.51. The molecular weight excluding hydrogens is 237 g/mol. The number of hydrogen-bond donors (Lipinski definition) is 0. The number of carbonyl (C=O) groups is 1. The fourth-order valence-electron chi connectivity index (χ4n) is 1.01. The van der Waals surface area contributed by atoms with Gasteiger partial charge in [-0.1, -0.05) is 0 Å². The molecule has 8 heteroatoms. The molecule has 1 aromatic heterocycles. The van der Waals surface area contributed by atoms with Crippen molar-refractivity contribution in [2.45, 2.75) is 12.8 Å². The zero-order valence-corrected chi connectivity index (χ0v) is 7.46. The molecule has 1 heterocycles. The smallest absolute Gasteiger partial charge is 0.416 e. The third-order valence-electron chi connectivity index (χ3n) is 1.56. The van der Waals surface area contributed by atoms with Gasteiger partial charge in [0.25, 0.3) is 0 Å². The summed E-state index contributed by atoms with van der Waals surface area (Å²) in [5.41, 5.74) is -2.41. The van der Waals surface area contributed by atoms with Gasteiger partial charge in [-0.25, -0.2) is 4.98 Å². The number of pyridine rings is 1. The van der Waals surface area contributed by atoms with E-state index in [1.807, 2.05) is 0 Å². The molecule has 1 aromatic rings. The largest absolute Gasteiger partial charge is 0.422 e. The van der Waals surface area contributed by atoms with Crippen molar-refractivity contribution >= 4 is 6.29 Å². The molecule has 0 radical (unpaired) electrons. The Morgan fingerprint density at radius 1 is 1.38 bits per heavy atom. The van der Waals surface area contributed by atoms with Crippen LogP contribution in [0.1, 0.15) is 15.9 Å². The number of hydrogen-bond acceptors (Lipinski definition) is 3. The summed E-state index contributed by atoms with van der Waals surface area (Å²) in [6.45, 7) is -3.45. The van der Waals surface area contributed by atoms with Crippen LogP contribution in [0.25, 0.3) is 0 Å². The van der Waals surface area contributed by atoms with Gasteiger partial charge in [0.1, 0.15) is 5.56 Å². The van der Waals surface area contributed by atoms with Crippen molar-refractivity contribution < 1.29 is 31.5 Å². The maximum absolute atomic E-state index is 12.4. The van der Waals surface area contributed by atoms with Crippen LogP contribution in [-0.4, -0.2) is 17.9 Å². The summed E-state index contributed by atoms with van der Waals surface area (Å²) in [7, 11) is 0. The van der Waals surface area contributed by atoms with Crippen LogP contribution in [0.4, 0.5) is 22.0 Å². The number of alkyl halides is 5. The Bertz CT molecular complexity index is 391. The SMILES string of the molecule is O=Cc1ccnc(OC(F)F)c1C(F)(F)F. The van der Waals surface area contributed by atoms with E-state index in [0.29, 0.717) is 0 Å². The second-order valence-corrected chi connectivity index (χ2v) is 2.57. The van der Waals surface area contributed by atoms with E-state index in [1.54, 1.807) is 0 Å². The predicted molar refractivity (Wildman–Crippen MR) is 41.3 cm³/mol. The molecule has 0 bridgehead atoms. The summed E-state index contributed by atoms with van der Waals surface area (Å²) in [6.07, 6.45) is -4.33. The number of rotatable bonds is 3. The van der Waals surface area contributed by atoms with Crippen molar-refractivity contribution in [2.24, 2.45) is 0 Å². The van der Waals surface area contributed by atoms with Crippen LogP contribution in [-0.2, 0) is 6.18 Å². The van der Waals surface area contributed by atoms with Crippen molar-refractivity contribution in [3.05, 3.63) is 23.4 Å². The van der Waals surface area contributed by atoms with E-state index in [1.165, 1.54) is 0 Å². The zero-order chi connectivity index (χ0) is 12.3. The Kier molecular flexibility index (Phi) is 3.41. The summed E-state index contributed by atoms with van der Waals surface area (Å²) in [6, 6.07) is 0.758. The van der Waals surface area contributed by atoms with Gasteiger partial charge < -0.3 is 4.74 Å². The van der Waals surface area contributed by atoms with Crippen LogP contribution < -0.4 is 4.74 Å². The van der Waals surface area contributed by atoms with Crippen LogP contribution >= 0.6 is 0 Å². The Hall–Kier alpha value is -1.73. The molecule has 0 aliphatic heterocycles. The standard InChI is InChI=1S/C8H4F5NO2/c9-7(10)16-6-5(8(11,12)13)4(3-15)1-2-14-6/h1-3,7H. The summed E-state index contributed by atoms with van der Waals surface area (Å²) < 4.78 is 64.5. The summed E-state index contributed by atoms with van der Waals surface area (Å²) in [4.78, 5) is 13.4. The highest BCUT2D eigenvalue weighted by Gasteiger charge is 2.38. The van der Waals surface area contributed by atoms with Gasteiger partial charge in [0, 0.05) is 11.8 Å². The highest BCUT2D eigenvalue weighted by atomic mass is 19.4. The van der Waals surface area contributed by atoms with Crippen LogP contribution in [0.2, 0.25) is 0 Å². The minimum atomic E-state index is -4.99. The van der Waals surface area contributed by atoms with Gasteiger partial charge in [-0.3, -0.25) is 4.79 Å². The maximum Gasteiger partial charge on any atom is 0.422 e. The van der Waals surface area contributed by atoms with Gasteiger partial charge in [-0.05, 0) is 6.07 Å². The molecular formula is C8H4F5NO2.